The van der Waals surface area contributed by atoms with Crippen LogP contribution in [0.1, 0.15) is 24.0 Å². The van der Waals surface area contributed by atoms with Gasteiger partial charge in [0.15, 0.2) is 11.5 Å². The molecule has 3 aliphatic rings. The third-order valence-electron chi connectivity index (χ3n) is 7.01. The highest BCUT2D eigenvalue weighted by Gasteiger charge is 2.28. The number of likely N-dealkylation sites (tertiary alicyclic amines) is 1. The van der Waals surface area contributed by atoms with Crippen LogP contribution in [-0.2, 0) is 13.1 Å². The molecule has 168 valence electrons. The Hall–Kier alpha value is -2.68. The van der Waals surface area contributed by atoms with Gasteiger partial charge < -0.3 is 9.47 Å². The molecule has 8 nitrogen and oxygen atoms in total. The van der Waals surface area contributed by atoms with Crippen LogP contribution in [0, 0.1) is 0 Å². The van der Waals surface area contributed by atoms with Crippen molar-refractivity contribution in [2.45, 2.75) is 32.0 Å². The van der Waals surface area contributed by atoms with Gasteiger partial charge in [0.05, 0.1) is 0 Å². The number of aromatic nitrogens is 2. The molecule has 2 fully saturated rings. The molecule has 32 heavy (non-hydrogen) atoms. The van der Waals surface area contributed by atoms with Crippen molar-refractivity contribution in [2.75, 3.05) is 46.1 Å². The lowest BCUT2D eigenvalue weighted by molar-refractivity contribution is 0.0478. The molecular formula is C24H29N5O3. The predicted molar refractivity (Wildman–Crippen MR) is 120 cm³/mol. The Morgan fingerprint density at radius 1 is 0.875 bits per heavy atom. The van der Waals surface area contributed by atoms with Crippen molar-refractivity contribution in [1.29, 1.82) is 0 Å². The van der Waals surface area contributed by atoms with E-state index in [1.165, 1.54) is 24.0 Å². The van der Waals surface area contributed by atoms with Gasteiger partial charge in [-0.05, 0) is 59.0 Å². The minimum absolute atomic E-state index is 0.334. The standard InChI is InChI=1S/C24H29N5O3/c1-3-19(24-21(5-1)25-32-26-24)15-28-8-2-4-20(16-28)29-11-9-27(10-12-29)14-18-6-7-22-23(13-18)31-17-30-22/h1,3,5-7,13,20H,2,4,8-12,14-17H2/t20-/m1/s1. The van der Waals surface area contributed by atoms with Gasteiger partial charge >= 0.3 is 0 Å². The third-order valence-corrected chi connectivity index (χ3v) is 7.01. The molecule has 0 amide bonds. The normalized spacial score (nSPS) is 22.6. The first kappa shape index (κ1) is 20.0. The number of fused-ring (bicyclic) bond motifs is 2. The first-order chi connectivity index (χ1) is 15.8. The van der Waals surface area contributed by atoms with Crippen LogP contribution < -0.4 is 9.47 Å². The van der Waals surface area contributed by atoms with Crippen molar-refractivity contribution < 1.29 is 14.1 Å². The van der Waals surface area contributed by atoms with Crippen molar-refractivity contribution in [2.24, 2.45) is 0 Å². The minimum Gasteiger partial charge on any atom is -0.454 e. The van der Waals surface area contributed by atoms with Crippen LogP contribution in [0.4, 0.5) is 0 Å². The molecule has 0 bridgehead atoms. The highest BCUT2D eigenvalue weighted by atomic mass is 16.7. The molecular weight excluding hydrogens is 406 g/mol. The molecule has 2 saturated heterocycles. The molecule has 1 atom stereocenters. The predicted octanol–water partition coefficient (Wildman–Crippen LogP) is 2.73. The Balaban J connectivity index is 1.03. The maximum atomic E-state index is 5.53. The molecule has 0 saturated carbocycles. The van der Waals surface area contributed by atoms with Crippen molar-refractivity contribution in [3.8, 4) is 11.5 Å². The molecule has 0 aliphatic carbocycles. The van der Waals surface area contributed by atoms with Gasteiger partial charge in [0, 0.05) is 51.9 Å². The fourth-order valence-corrected chi connectivity index (χ4v) is 5.29. The lowest BCUT2D eigenvalue weighted by Gasteiger charge is -2.43. The second kappa shape index (κ2) is 8.69. The maximum Gasteiger partial charge on any atom is 0.231 e. The molecule has 0 spiro atoms. The van der Waals surface area contributed by atoms with Crippen molar-refractivity contribution in [3.63, 3.8) is 0 Å². The molecule has 0 N–H and O–H groups in total. The largest absolute Gasteiger partial charge is 0.454 e. The van der Waals surface area contributed by atoms with Gasteiger partial charge in [-0.2, -0.15) is 0 Å². The molecule has 0 unspecified atom stereocenters. The number of piperidine rings is 1. The number of ether oxygens (including phenoxy) is 2. The molecule has 6 rings (SSSR count). The Kier molecular flexibility index (Phi) is 5.42. The lowest BCUT2D eigenvalue weighted by Crippen LogP contribution is -2.54. The van der Waals surface area contributed by atoms with E-state index < -0.39 is 0 Å². The summed E-state index contributed by atoms with van der Waals surface area (Å²) in [4.78, 5) is 7.81. The summed E-state index contributed by atoms with van der Waals surface area (Å²) in [5, 5.41) is 8.10. The van der Waals surface area contributed by atoms with Crippen LogP contribution in [0.3, 0.4) is 0 Å². The summed E-state index contributed by atoms with van der Waals surface area (Å²) in [7, 11) is 0. The highest BCUT2D eigenvalue weighted by molar-refractivity contribution is 5.76. The number of benzene rings is 2. The molecule has 3 aliphatic heterocycles. The second-order valence-electron chi connectivity index (χ2n) is 9.08. The maximum absolute atomic E-state index is 5.53. The lowest BCUT2D eigenvalue weighted by atomic mass is 10.0. The highest BCUT2D eigenvalue weighted by Crippen LogP contribution is 2.33. The molecule has 8 heteroatoms. The number of piperazine rings is 1. The van der Waals surface area contributed by atoms with E-state index in [1.807, 2.05) is 18.2 Å². The average molecular weight is 436 g/mol. The fourth-order valence-electron chi connectivity index (χ4n) is 5.29. The van der Waals surface area contributed by atoms with E-state index in [-0.39, 0.29) is 0 Å². The number of hydrogen-bond donors (Lipinski definition) is 0. The van der Waals surface area contributed by atoms with E-state index >= 15 is 0 Å². The van der Waals surface area contributed by atoms with E-state index in [1.54, 1.807) is 0 Å². The van der Waals surface area contributed by atoms with Gasteiger partial charge in [-0.25, -0.2) is 4.63 Å². The van der Waals surface area contributed by atoms with Gasteiger partial charge in [0.25, 0.3) is 0 Å². The number of nitrogens with zero attached hydrogens (tertiary/aromatic N) is 5. The van der Waals surface area contributed by atoms with Crippen LogP contribution in [0.15, 0.2) is 41.0 Å². The molecule has 1 aromatic heterocycles. The zero-order chi connectivity index (χ0) is 21.3. The zero-order valence-corrected chi connectivity index (χ0v) is 18.3. The Morgan fingerprint density at radius 2 is 1.78 bits per heavy atom. The van der Waals surface area contributed by atoms with Crippen LogP contribution in [0.5, 0.6) is 11.5 Å². The second-order valence-corrected chi connectivity index (χ2v) is 9.08. The number of hydrogen-bond acceptors (Lipinski definition) is 8. The van der Waals surface area contributed by atoms with Crippen molar-refractivity contribution >= 4 is 11.0 Å². The average Bonchev–Trinajstić information content (AvgIpc) is 3.49. The van der Waals surface area contributed by atoms with Crippen LogP contribution in [0.25, 0.3) is 11.0 Å². The van der Waals surface area contributed by atoms with E-state index in [4.69, 9.17) is 14.1 Å². The summed E-state index contributed by atoms with van der Waals surface area (Å²) < 4.78 is 15.9. The van der Waals surface area contributed by atoms with E-state index in [0.717, 1.165) is 74.9 Å². The molecule has 3 aromatic rings. The Labute approximate surface area is 187 Å². The summed E-state index contributed by atoms with van der Waals surface area (Å²) >= 11 is 0. The van der Waals surface area contributed by atoms with Gasteiger partial charge in [-0.3, -0.25) is 14.7 Å². The first-order valence-corrected chi connectivity index (χ1v) is 11.6. The summed E-state index contributed by atoms with van der Waals surface area (Å²) in [6, 6.07) is 13.1. The quantitative estimate of drug-likeness (QED) is 0.606. The van der Waals surface area contributed by atoms with E-state index in [2.05, 4.69) is 43.2 Å². The van der Waals surface area contributed by atoms with Crippen LogP contribution in [-0.4, -0.2) is 77.1 Å². The smallest absolute Gasteiger partial charge is 0.231 e. The van der Waals surface area contributed by atoms with Crippen LogP contribution in [0.2, 0.25) is 0 Å². The van der Waals surface area contributed by atoms with Gasteiger partial charge in [0.2, 0.25) is 6.79 Å². The summed E-state index contributed by atoms with van der Waals surface area (Å²) in [5.41, 5.74) is 4.24. The molecule has 2 aromatic carbocycles. The summed E-state index contributed by atoms with van der Waals surface area (Å²) in [5.74, 6) is 1.73. The monoisotopic (exact) mass is 435 g/mol. The van der Waals surface area contributed by atoms with Crippen molar-refractivity contribution in [3.05, 3.63) is 47.5 Å². The third kappa shape index (κ3) is 4.05. The fraction of sp³-hybridized carbons (Fsp3) is 0.500. The Morgan fingerprint density at radius 3 is 2.72 bits per heavy atom. The Bertz CT molecular complexity index is 1080. The zero-order valence-electron chi connectivity index (χ0n) is 18.3. The number of rotatable bonds is 5. The minimum atomic E-state index is 0.334. The van der Waals surface area contributed by atoms with Gasteiger partial charge in [-0.1, -0.05) is 18.2 Å². The van der Waals surface area contributed by atoms with Crippen LogP contribution >= 0.6 is 0 Å². The van der Waals surface area contributed by atoms with Gasteiger partial charge in [-0.15, -0.1) is 0 Å². The van der Waals surface area contributed by atoms with E-state index in [9.17, 15) is 0 Å². The topological polar surface area (TPSA) is 67.1 Å². The van der Waals surface area contributed by atoms with Crippen molar-refractivity contribution in [1.82, 2.24) is 25.0 Å². The van der Waals surface area contributed by atoms with E-state index in [0.29, 0.717) is 12.8 Å². The summed E-state index contributed by atoms with van der Waals surface area (Å²) in [6.07, 6.45) is 2.53. The molecule has 0 radical (unpaired) electrons. The first-order valence-electron chi connectivity index (χ1n) is 11.6. The summed E-state index contributed by atoms with van der Waals surface area (Å²) in [6.45, 7) is 8.94. The molecule has 4 heterocycles. The van der Waals surface area contributed by atoms with Gasteiger partial charge in [0.1, 0.15) is 11.0 Å². The SMILES string of the molecule is c1cc(CN2CCC[C@@H](N3CCN(Cc4ccc5c(c4)OCO5)CC3)C2)c2nonc2c1.